The molecule has 2 fully saturated rings. The van der Waals surface area contributed by atoms with Gasteiger partial charge in [-0.05, 0) is 13.8 Å². The van der Waals surface area contributed by atoms with Gasteiger partial charge in [0.25, 0.3) is 10.2 Å². The fraction of sp³-hybridized carbons (Fsp3) is 0.857. The fourth-order valence-electron chi connectivity index (χ4n) is 2.02. The van der Waals surface area contributed by atoms with Gasteiger partial charge in [0, 0.05) is 13.1 Å². The van der Waals surface area contributed by atoms with Crippen molar-refractivity contribution < 1.29 is 13.2 Å². The lowest BCUT2D eigenvalue weighted by Gasteiger charge is -2.19. The number of hydrogen-bond donors (Lipinski definition) is 2. The van der Waals surface area contributed by atoms with E-state index in [9.17, 15) is 13.2 Å². The Kier molecular flexibility index (Phi) is 2.36. The third kappa shape index (κ3) is 1.48. The number of rotatable bonds is 2. The molecule has 0 radical (unpaired) electrons. The Balaban J connectivity index is 2.32. The molecule has 2 N–H and O–H groups in total. The zero-order valence-electron chi connectivity index (χ0n) is 8.60. The van der Waals surface area contributed by atoms with Gasteiger partial charge in [0.2, 0.25) is 0 Å². The quantitative estimate of drug-likeness (QED) is 0.633. The summed E-state index contributed by atoms with van der Waals surface area (Å²) in [5.74, 6) is 0. The van der Waals surface area contributed by atoms with E-state index in [1.165, 1.54) is 9.80 Å². The fourth-order valence-corrected chi connectivity index (χ4v) is 3.23. The second-order valence-electron chi connectivity index (χ2n) is 3.48. The Labute approximate surface area is 88.6 Å². The number of nitrogens with zero attached hydrogens (tertiary/aromatic N) is 2. The second-order valence-corrected chi connectivity index (χ2v) is 4.96. The molecular weight excluding hydrogens is 220 g/mol. The molecule has 86 valence electrons. The van der Waals surface area contributed by atoms with E-state index in [-0.39, 0.29) is 6.03 Å². The predicted octanol–water partition coefficient (Wildman–Crippen LogP) is -1.15. The second kappa shape index (κ2) is 3.32. The average Bonchev–Trinajstić information content (AvgIpc) is 2.55. The van der Waals surface area contributed by atoms with Gasteiger partial charge in [-0.2, -0.15) is 17.9 Å². The first-order chi connectivity index (χ1) is 7.00. The van der Waals surface area contributed by atoms with Crippen molar-refractivity contribution in [1.29, 1.82) is 0 Å². The van der Waals surface area contributed by atoms with Crippen LogP contribution in [0.25, 0.3) is 0 Å². The van der Waals surface area contributed by atoms with Crippen LogP contribution in [0.15, 0.2) is 0 Å². The molecule has 0 saturated carbocycles. The third-order valence-electron chi connectivity index (χ3n) is 2.70. The van der Waals surface area contributed by atoms with Crippen molar-refractivity contribution in [3.63, 3.8) is 0 Å². The normalized spacial score (nSPS) is 33.6. The number of urea groups is 1. The molecule has 15 heavy (non-hydrogen) atoms. The van der Waals surface area contributed by atoms with Crippen LogP contribution < -0.4 is 9.44 Å². The minimum absolute atomic E-state index is 0.134. The maximum atomic E-state index is 11.8. The van der Waals surface area contributed by atoms with Crippen LogP contribution in [0.3, 0.4) is 0 Å². The molecule has 7 nitrogen and oxygen atoms in total. The van der Waals surface area contributed by atoms with Crippen molar-refractivity contribution in [2.24, 2.45) is 0 Å². The maximum absolute atomic E-state index is 11.8. The summed E-state index contributed by atoms with van der Waals surface area (Å²) in [4.78, 5) is 14.8. The lowest BCUT2D eigenvalue weighted by atomic mass is 10.4. The summed E-state index contributed by atoms with van der Waals surface area (Å²) >= 11 is 0. The van der Waals surface area contributed by atoms with Gasteiger partial charge in [-0.1, -0.05) is 0 Å². The number of likely N-dealkylation sites (N-methyl/N-ethyl adjacent to an activating group) is 2. The third-order valence-corrected chi connectivity index (χ3v) is 3.80. The van der Waals surface area contributed by atoms with Crippen molar-refractivity contribution >= 4 is 16.2 Å². The topological polar surface area (TPSA) is 81.8 Å². The molecule has 0 aromatic heterocycles. The minimum Gasteiger partial charge on any atom is -0.305 e. The summed E-state index contributed by atoms with van der Waals surface area (Å²) < 4.78 is 27.4. The van der Waals surface area contributed by atoms with E-state index in [1.54, 1.807) is 0 Å². The molecule has 0 spiro atoms. The van der Waals surface area contributed by atoms with Crippen molar-refractivity contribution in [2.45, 2.75) is 26.2 Å². The van der Waals surface area contributed by atoms with Gasteiger partial charge in [-0.25, -0.2) is 4.79 Å². The number of fused-ring (bicyclic) bond motifs is 1. The van der Waals surface area contributed by atoms with Gasteiger partial charge in [0.15, 0.2) is 0 Å². The Morgan fingerprint density at radius 1 is 1.13 bits per heavy atom. The van der Waals surface area contributed by atoms with Crippen LogP contribution in [0, 0.1) is 0 Å². The van der Waals surface area contributed by atoms with Crippen molar-refractivity contribution in [3.05, 3.63) is 0 Å². The Morgan fingerprint density at radius 2 is 1.53 bits per heavy atom. The Morgan fingerprint density at radius 3 is 1.87 bits per heavy atom. The monoisotopic (exact) mass is 234 g/mol. The number of nitrogens with one attached hydrogen (secondary N) is 2. The van der Waals surface area contributed by atoms with Gasteiger partial charge >= 0.3 is 6.03 Å². The molecule has 0 aromatic carbocycles. The van der Waals surface area contributed by atoms with Crippen molar-refractivity contribution in [3.8, 4) is 0 Å². The smallest absolute Gasteiger partial charge is 0.305 e. The van der Waals surface area contributed by atoms with Crippen LogP contribution >= 0.6 is 0 Å². The summed E-state index contributed by atoms with van der Waals surface area (Å²) in [5.41, 5.74) is 0. The molecule has 2 atom stereocenters. The largest absolute Gasteiger partial charge is 0.322 e. The first kappa shape index (κ1) is 10.7. The van der Waals surface area contributed by atoms with Crippen LogP contribution in [0.1, 0.15) is 13.8 Å². The average molecular weight is 234 g/mol. The summed E-state index contributed by atoms with van der Waals surface area (Å²) in [5, 5.41) is 0. The first-order valence-electron chi connectivity index (χ1n) is 4.87. The highest BCUT2D eigenvalue weighted by Crippen LogP contribution is 2.23. The van der Waals surface area contributed by atoms with Crippen LogP contribution in [-0.2, 0) is 10.2 Å². The van der Waals surface area contributed by atoms with Crippen LogP contribution in [0.2, 0.25) is 0 Å². The highest BCUT2D eigenvalue weighted by atomic mass is 32.2. The molecule has 8 heteroatoms. The zero-order valence-corrected chi connectivity index (χ0v) is 9.41. The van der Waals surface area contributed by atoms with E-state index >= 15 is 0 Å². The van der Waals surface area contributed by atoms with E-state index in [0.717, 1.165) is 0 Å². The zero-order chi connectivity index (χ0) is 11.2. The van der Waals surface area contributed by atoms with E-state index in [1.807, 2.05) is 13.8 Å². The number of hydrogen-bond acceptors (Lipinski definition) is 3. The molecule has 0 aromatic rings. The maximum Gasteiger partial charge on any atom is 0.322 e. The molecule has 2 aliphatic heterocycles. The first-order valence-corrected chi connectivity index (χ1v) is 6.35. The molecule has 2 saturated heterocycles. The van der Waals surface area contributed by atoms with Crippen molar-refractivity contribution in [2.75, 3.05) is 13.1 Å². The molecule has 2 rings (SSSR count). The SMILES string of the molecule is CCN1C(=O)N(CC)C2NS(=O)(=O)NC21. The summed E-state index contributed by atoms with van der Waals surface area (Å²) in [6, 6.07) is -0.134. The van der Waals surface area contributed by atoms with Gasteiger partial charge in [-0.15, -0.1) is 0 Å². The Bertz CT molecular complexity index is 354. The summed E-state index contributed by atoms with van der Waals surface area (Å²) in [7, 11) is -3.45. The van der Waals surface area contributed by atoms with E-state index in [0.29, 0.717) is 13.1 Å². The van der Waals surface area contributed by atoms with E-state index in [2.05, 4.69) is 9.44 Å². The predicted molar refractivity (Wildman–Crippen MR) is 52.9 cm³/mol. The molecule has 2 heterocycles. The Hall–Kier alpha value is -0.860. The molecule has 2 unspecified atom stereocenters. The summed E-state index contributed by atoms with van der Waals surface area (Å²) in [6.45, 7) is 4.61. The number of amides is 2. The molecule has 0 bridgehead atoms. The standard InChI is InChI=1S/C7H14N4O3S/c1-3-10-5-6(9-15(13,14)8-5)11(4-2)7(10)12/h5-6,8-9H,3-4H2,1-2H3. The van der Waals surface area contributed by atoms with Gasteiger partial charge in [0.1, 0.15) is 12.3 Å². The minimum atomic E-state index is -3.45. The van der Waals surface area contributed by atoms with Gasteiger partial charge in [-0.3, -0.25) is 0 Å². The van der Waals surface area contributed by atoms with Crippen LogP contribution in [0.4, 0.5) is 4.79 Å². The van der Waals surface area contributed by atoms with Crippen molar-refractivity contribution in [1.82, 2.24) is 19.2 Å². The highest BCUT2D eigenvalue weighted by molar-refractivity contribution is 7.87. The molecular formula is C7H14N4O3S. The number of carbonyl (C=O) groups is 1. The highest BCUT2D eigenvalue weighted by Gasteiger charge is 2.51. The van der Waals surface area contributed by atoms with E-state index < -0.39 is 22.5 Å². The lowest BCUT2D eigenvalue weighted by Crippen LogP contribution is -2.43. The van der Waals surface area contributed by atoms with Gasteiger partial charge < -0.3 is 9.80 Å². The number of carbonyl (C=O) groups excluding carboxylic acids is 1. The molecule has 2 aliphatic rings. The summed E-state index contributed by atoms with van der Waals surface area (Å²) in [6.07, 6.45) is -0.958. The molecule has 0 aliphatic carbocycles. The van der Waals surface area contributed by atoms with Gasteiger partial charge in [0.05, 0.1) is 0 Å². The lowest BCUT2D eigenvalue weighted by molar-refractivity contribution is 0.186. The van der Waals surface area contributed by atoms with E-state index in [4.69, 9.17) is 0 Å². The van der Waals surface area contributed by atoms with Crippen LogP contribution in [-0.4, -0.2) is 49.7 Å². The van der Waals surface area contributed by atoms with Crippen LogP contribution in [0.5, 0.6) is 0 Å². The molecule has 2 amide bonds.